The average Bonchev–Trinajstić information content (AvgIpc) is 2.96. The van der Waals surface area contributed by atoms with Crippen LogP contribution in [-0.2, 0) is 0 Å². The summed E-state index contributed by atoms with van der Waals surface area (Å²) in [6, 6.07) is 16.0. The Kier molecular flexibility index (Phi) is 3.33. The molecular weight excluding hydrogens is 255 g/mol. The molecule has 0 atom stereocenters. The molecule has 0 fully saturated rings. The highest BCUT2D eigenvalue weighted by atomic mass is 19.1. The molecule has 1 aromatic heterocycles. The van der Waals surface area contributed by atoms with Crippen molar-refractivity contribution in [1.29, 1.82) is 0 Å². The third-order valence-corrected chi connectivity index (χ3v) is 2.79. The minimum atomic E-state index is -0.314. The molecule has 0 saturated carbocycles. The van der Waals surface area contributed by atoms with Gasteiger partial charge >= 0.3 is 0 Å². The summed E-state index contributed by atoms with van der Waals surface area (Å²) >= 11 is 0. The Balaban J connectivity index is 1.94. The van der Waals surface area contributed by atoms with Crippen LogP contribution < -0.4 is 0 Å². The minimum Gasteiger partial charge on any atom is -0.206 e. The van der Waals surface area contributed by atoms with Gasteiger partial charge in [0.1, 0.15) is 12.1 Å². The zero-order valence-corrected chi connectivity index (χ0v) is 10.5. The number of benzene rings is 2. The fraction of sp³-hybridized carbons (Fsp3) is 0. The largest absolute Gasteiger partial charge is 0.206 e. The normalized spacial score (nSPS) is 11.1. The zero-order valence-electron chi connectivity index (χ0n) is 10.5. The van der Waals surface area contributed by atoms with Gasteiger partial charge in [0, 0.05) is 11.1 Å². The molecule has 0 aliphatic rings. The second-order valence-corrected chi connectivity index (χ2v) is 4.13. The predicted molar refractivity (Wildman–Crippen MR) is 74.9 cm³/mol. The van der Waals surface area contributed by atoms with Gasteiger partial charge in [0.15, 0.2) is 5.82 Å². The van der Waals surface area contributed by atoms with Crippen LogP contribution in [0, 0.1) is 5.82 Å². The molecule has 3 aromatic rings. The van der Waals surface area contributed by atoms with Crippen LogP contribution >= 0.6 is 0 Å². The van der Waals surface area contributed by atoms with Crippen molar-refractivity contribution in [2.24, 2.45) is 5.10 Å². The van der Waals surface area contributed by atoms with Gasteiger partial charge < -0.3 is 0 Å². The number of nitrogens with zero attached hydrogens (tertiary/aromatic N) is 4. The highest BCUT2D eigenvalue weighted by Gasteiger charge is 2.05. The molecule has 0 radical (unpaired) electrons. The van der Waals surface area contributed by atoms with Crippen molar-refractivity contribution in [1.82, 2.24) is 14.9 Å². The molecule has 98 valence electrons. The van der Waals surface area contributed by atoms with Gasteiger partial charge in [0.05, 0.1) is 6.21 Å². The zero-order chi connectivity index (χ0) is 13.8. The summed E-state index contributed by atoms with van der Waals surface area (Å²) in [5.74, 6) is 0.295. The van der Waals surface area contributed by atoms with E-state index in [1.165, 1.54) is 23.3 Å². The van der Waals surface area contributed by atoms with Crippen LogP contribution in [0.1, 0.15) is 5.56 Å². The van der Waals surface area contributed by atoms with Crippen LogP contribution in [0.5, 0.6) is 0 Å². The van der Waals surface area contributed by atoms with Crippen LogP contribution in [0.3, 0.4) is 0 Å². The number of hydrogen-bond acceptors (Lipinski definition) is 3. The summed E-state index contributed by atoms with van der Waals surface area (Å²) in [7, 11) is 0. The lowest BCUT2D eigenvalue weighted by atomic mass is 10.2. The summed E-state index contributed by atoms with van der Waals surface area (Å²) in [4.78, 5) is 0. The second-order valence-electron chi connectivity index (χ2n) is 4.13. The maximum absolute atomic E-state index is 13.5. The molecule has 2 aromatic carbocycles. The Morgan fingerprint density at radius 3 is 2.55 bits per heavy atom. The summed E-state index contributed by atoms with van der Waals surface area (Å²) in [6.07, 6.45) is 2.94. The van der Waals surface area contributed by atoms with Crippen LogP contribution in [0.15, 0.2) is 66.0 Å². The van der Waals surface area contributed by atoms with E-state index in [2.05, 4.69) is 15.3 Å². The van der Waals surface area contributed by atoms with E-state index in [9.17, 15) is 4.39 Å². The first kappa shape index (κ1) is 12.2. The topological polar surface area (TPSA) is 43.1 Å². The van der Waals surface area contributed by atoms with Gasteiger partial charge in [-0.05, 0) is 6.07 Å². The molecule has 0 bridgehead atoms. The smallest absolute Gasteiger partial charge is 0.184 e. The van der Waals surface area contributed by atoms with Crippen LogP contribution in [0.25, 0.3) is 11.4 Å². The molecule has 0 unspecified atom stereocenters. The fourth-order valence-corrected chi connectivity index (χ4v) is 1.80. The van der Waals surface area contributed by atoms with Crippen LogP contribution in [-0.4, -0.2) is 21.1 Å². The molecule has 20 heavy (non-hydrogen) atoms. The van der Waals surface area contributed by atoms with Crippen LogP contribution in [0.4, 0.5) is 4.39 Å². The number of aromatic nitrogens is 3. The van der Waals surface area contributed by atoms with E-state index in [0.717, 1.165) is 5.56 Å². The molecule has 0 spiro atoms. The quantitative estimate of drug-likeness (QED) is 0.684. The molecule has 0 amide bonds. The molecule has 0 N–H and O–H groups in total. The molecule has 5 heteroatoms. The van der Waals surface area contributed by atoms with Crippen molar-refractivity contribution in [3.05, 3.63) is 72.3 Å². The first-order valence-electron chi connectivity index (χ1n) is 6.09. The predicted octanol–water partition coefficient (Wildman–Crippen LogP) is 2.97. The third-order valence-electron chi connectivity index (χ3n) is 2.79. The van der Waals surface area contributed by atoms with Gasteiger partial charge in [-0.3, -0.25) is 0 Å². The molecule has 0 aliphatic carbocycles. The summed E-state index contributed by atoms with van der Waals surface area (Å²) in [5.41, 5.74) is 1.32. The van der Waals surface area contributed by atoms with Gasteiger partial charge in [0.2, 0.25) is 0 Å². The van der Waals surface area contributed by atoms with E-state index >= 15 is 0 Å². The Morgan fingerprint density at radius 1 is 1.00 bits per heavy atom. The van der Waals surface area contributed by atoms with E-state index in [1.807, 2.05) is 30.3 Å². The summed E-state index contributed by atoms with van der Waals surface area (Å²) in [6.45, 7) is 0. The third kappa shape index (κ3) is 2.47. The van der Waals surface area contributed by atoms with Crippen molar-refractivity contribution in [2.75, 3.05) is 0 Å². The number of hydrogen-bond donors (Lipinski definition) is 0. The van der Waals surface area contributed by atoms with E-state index in [0.29, 0.717) is 11.4 Å². The molecule has 1 heterocycles. The Bertz CT molecular complexity index is 734. The highest BCUT2D eigenvalue weighted by Crippen LogP contribution is 2.15. The Morgan fingerprint density at radius 2 is 1.75 bits per heavy atom. The summed E-state index contributed by atoms with van der Waals surface area (Å²) < 4.78 is 15.0. The molecule has 4 nitrogen and oxygen atoms in total. The second kappa shape index (κ2) is 5.44. The van der Waals surface area contributed by atoms with E-state index in [4.69, 9.17) is 0 Å². The monoisotopic (exact) mass is 266 g/mol. The van der Waals surface area contributed by atoms with Crippen molar-refractivity contribution < 1.29 is 4.39 Å². The van der Waals surface area contributed by atoms with Gasteiger partial charge in [-0.2, -0.15) is 9.78 Å². The maximum Gasteiger partial charge on any atom is 0.184 e. The molecule has 3 rings (SSSR count). The van der Waals surface area contributed by atoms with Crippen molar-refractivity contribution in [3.63, 3.8) is 0 Å². The minimum absolute atomic E-state index is 0.314. The van der Waals surface area contributed by atoms with Gasteiger partial charge in [0.25, 0.3) is 0 Å². The van der Waals surface area contributed by atoms with Gasteiger partial charge in [-0.1, -0.05) is 48.5 Å². The van der Waals surface area contributed by atoms with Crippen molar-refractivity contribution in [3.8, 4) is 11.4 Å². The van der Waals surface area contributed by atoms with E-state index in [1.54, 1.807) is 18.2 Å². The Labute approximate surface area is 115 Å². The lowest BCUT2D eigenvalue weighted by molar-refractivity contribution is 0.625. The van der Waals surface area contributed by atoms with E-state index in [-0.39, 0.29) is 5.82 Å². The first-order valence-corrected chi connectivity index (χ1v) is 6.09. The lowest BCUT2D eigenvalue weighted by Gasteiger charge is -2.00. The number of halogens is 1. The Hall–Kier alpha value is -2.82. The van der Waals surface area contributed by atoms with Crippen LogP contribution in [0.2, 0.25) is 0 Å². The first-order chi connectivity index (χ1) is 9.84. The highest BCUT2D eigenvalue weighted by molar-refractivity contribution is 5.79. The van der Waals surface area contributed by atoms with Gasteiger partial charge in [-0.15, -0.1) is 10.2 Å². The average molecular weight is 266 g/mol. The van der Waals surface area contributed by atoms with Crippen molar-refractivity contribution >= 4 is 6.21 Å². The maximum atomic E-state index is 13.5. The molecule has 0 saturated heterocycles. The molecular formula is C15H11FN4. The van der Waals surface area contributed by atoms with E-state index < -0.39 is 0 Å². The fourth-order valence-electron chi connectivity index (χ4n) is 1.80. The molecule has 0 aliphatic heterocycles. The van der Waals surface area contributed by atoms with Crippen molar-refractivity contribution in [2.45, 2.75) is 0 Å². The standard InChI is InChI=1S/C15H11FN4/c16-14-9-5-4-8-13(14)10-18-20-11-17-19-15(20)12-6-2-1-3-7-12/h1-11H/b18-10-. The lowest BCUT2D eigenvalue weighted by Crippen LogP contribution is -1.94. The SMILES string of the molecule is Fc1ccccc1/C=N\n1cnnc1-c1ccccc1. The number of rotatable bonds is 3. The summed E-state index contributed by atoms with van der Waals surface area (Å²) in [5, 5.41) is 12.1. The van der Waals surface area contributed by atoms with Gasteiger partial charge in [-0.25, -0.2) is 4.39 Å².